The van der Waals surface area contributed by atoms with Crippen molar-refractivity contribution in [1.29, 1.82) is 0 Å². The van der Waals surface area contributed by atoms with Crippen LogP contribution in [-0.2, 0) is 4.74 Å². The number of hydrogen-bond donors (Lipinski definition) is 1. The van der Waals surface area contributed by atoms with Gasteiger partial charge in [0, 0.05) is 39.1 Å². The van der Waals surface area contributed by atoms with Crippen molar-refractivity contribution in [3.8, 4) is 0 Å². The van der Waals surface area contributed by atoms with E-state index >= 15 is 0 Å². The highest BCUT2D eigenvalue weighted by atomic mass is 35.5. The Balaban J connectivity index is 1.54. The van der Waals surface area contributed by atoms with Gasteiger partial charge in [-0.15, -0.1) is 11.6 Å². The summed E-state index contributed by atoms with van der Waals surface area (Å²) in [5, 5.41) is 3.54. The summed E-state index contributed by atoms with van der Waals surface area (Å²) in [7, 11) is 0. The van der Waals surface area contributed by atoms with Gasteiger partial charge in [0.15, 0.2) is 0 Å². The van der Waals surface area contributed by atoms with E-state index < -0.39 is 0 Å². The Hall–Kier alpha value is -0.510. The second kappa shape index (κ2) is 5.01. The summed E-state index contributed by atoms with van der Waals surface area (Å²) in [5.74, 6) is 1.09. The first-order valence-electron chi connectivity index (χ1n) is 6.45. The van der Waals surface area contributed by atoms with Gasteiger partial charge < -0.3 is 10.1 Å². The van der Waals surface area contributed by atoms with Gasteiger partial charge in [-0.05, 0) is 18.1 Å². The number of piperazine rings is 1. The Bertz CT molecular complexity index is 347. The first kappa shape index (κ1) is 11.6. The third-order valence-corrected chi connectivity index (χ3v) is 3.99. The molecule has 2 aliphatic heterocycles. The minimum absolute atomic E-state index is 0.162. The van der Waals surface area contributed by atoms with Crippen LogP contribution in [0.25, 0.3) is 0 Å². The van der Waals surface area contributed by atoms with Crippen LogP contribution in [0, 0.1) is 0 Å². The van der Waals surface area contributed by atoms with E-state index in [4.69, 9.17) is 16.3 Å². The van der Waals surface area contributed by atoms with Crippen LogP contribution in [-0.4, -0.2) is 49.1 Å². The minimum atomic E-state index is 0.162. The Labute approximate surface area is 107 Å². The average molecular weight is 255 g/mol. The lowest BCUT2D eigenvalue weighted by Gasteiger charge is -2.29. The molecule has 0 aromatic carbocycles. The number of rotatable bonds is 2. The van der Waals surface area contributed by atoms with Crippen molar-refractivity contribution in [2.45, 2.75) is 24.3 Å². The molecule has 17 heavy (non-hydrogen) atoms. The van der Waals surface area contributed by atoms with E-state index in [2.05, 4.69) is 10.2 Å². The summed E-state index contributed by atoms with van der Waals surface area (Å²) < 4.78 is 5.99. The molecule has 2 heterocycles. The maximum Gasteiger partial charge on any atom is 0.118 e. The van der Waals surface area contributed by atoms with Gasteiger partial charge in [-0.3, -0.25) is 4.90 Å². The lowest BCUT2D eigenvalue weighted by atomic mass is 10.00. The van der Waals surface area contributed by atoms with E-state index in [-0.39, 0.29) is 5.38 Å². The SMILES string of the molecule is ClC1C=CC2=C(C1)CC(CN1CCNCC1)O2. The van der Waals surface area contributed by atoms with Gasteiger partial charge in [-0.1, -0.05) is 6.08 Å². The van der Waals surface area contributed by atoms with Gasteiger partial charge in [-0.25, -0.2) is 0 Å². The molecule has 3 aliphatic rings. The van der Waals surface area contributed by atoms with Gasteiger partial charge in [-0.2, -0.15) is 0 Å². The van der Waals surface area contributed by atoms with Crippen molar-refractivity contribution >= 4 is 11.6 Å². The first-order valence-corrected chi connectivity index (χ1v) is 6.89. The number of ether oxygens (including phenoxy) is 1. The van der Waals surface area contributed by atoms with Crippen LogP contribution in [0.5, 0.6) is 0 Å². The van der Waals surface area contributed by atoms with E-state index in [9.17, 15) is 0 Å². The molecule has 4 heteroatoms. The quantitative estimate of drug-likeness (QED) is 0.756. The average Bonchev–Trinajstić information content (AvgIpc) is 2.71. The number of alkyl halides is 1. The van der Waals surface area contributed by atoms with Crippen molar-refractivity contribution in [2.24, 2.45) is 0 Å². The van der Waals surface area contributed by atoms with Crippen LogP contribution in [0.2, 0.25) is 0 Å². The molecule has 0 saturated carbocycles. The predicted molar refractivity (Wildman–Crippen MR) is 69.2 cm³/mol. The number of nitrogens with zero attached hydrogens (tertiary/aromatic N) is 1. The van der Waals surface area contributed by atoms with Crippen LogP contribution >= 0.6 is 11.6 Å². The molecule has 1 aliphatic carbocycles. The van der Waals surface area contributed by atoms with Crippen LogP contribution in [0.4, 0.5) is 0 Å². The van der Waals surface area contributed by atoms with Crippen molar-refractivity contribution in [3.05, 3.63) is 23.5 Å². The van der Waals surface area contributed by atoms with Gasteiger partial charge in [0.2, 0.25) is 0 Å². The molecule has 0 aromatic rings. The maximum absolute atomic E-state index is 6.13. The Morgan fingerprint density at radius 2 is 2.18 bits per heavy atom. The van der Waals surface area contributed by atoms with Gasteiger partial charge in [0.05, 0.1) is 5.38 Å². The highest BCUT2D eigenvalue weighted by molar-refractivity contribution is 6.22. The lowest BCUT2D eigenvalue weighted by molar-refractivity contribution is 0.0949. The largest absolute Gasteiger partial charge is 0.489 e. The fraction of sp³-hybridized carbons (Fsp3) is 0.692. The van der Waals surface area contributed by atoms with Gasteiger partial charge in [0.25, 0.3) is 0 Å². The molecule has 2 atom stereocenters. The van der Waals surface area contributed by atoms with Crippen LogP contribution in [0.15, 0.2) is 23.5 Å². The molecule has 0 aromatic heterocycles. The fourth-order valence-electron chi connectivity index (χ4n) is 2.80. The normalized spacial score (nSPS) is 33.7. The zero-order valence-electron chi connectivity index (χ0n) is 9.99. The van der Waals surface area contributed by atoms with Crippen molar-refractivity contribution in [3.63, 3.8) is 0 Å². The van der Waals surface area contributed by atoms with Gasteiger partial charge >= 0.3 is 0 Å². The van der Waals surface area contributed by atoms with Crippen LogP contribution in [0.1, 0.15) is 12.8 Å². The summed E-state index contributed by atoms with van der Waals surface area (Å²) in [4.78, 5) is 2.49. The molecule has 0 bridgehead atoms. The molecule has 1 N–H and O–H groups in total. The van der Waals surface area contributed by atoms with E-state index in [1.807, 2.05) is 12.2 Å². The second-order valence-electron chi connectivity index (χ2n) is 5.04. The molecule has 0 radical (unpaired) electrons. The van der Waals surface area contributed by atoms with Crippen molar-refractivity contribution < 1.29 is 4.74 Å². The maximum atomic E-state index is 6.13. The van der Waals surface area contributed by atoms with E-state index in [1.165, 1.54) is 5.57 Å². The lowest BCUT2D eigenvalue weighted by Crippen LogP contribution is -2.46. The smallest absolute Gasteiger partial charge is 0.118 e. The fourth-order valence-corrected chi connectivity index (χ4v) is 3.06. The predicted octanol–water partition coefficient (Wildman–Crippen LogP) is 1.50. The minimum Gasteiger partial charge on any atom is -0.489 e. The Morgan fingerprint density at radius 1 is 1.35 bits per heavy atom. The molecule has 3 nitrogen and oxygen atoms in total. The summed E-state index contributed by atoms with van der Waals surface area (Å²) in [6.07, 6.45) is 6.45. The highest BCUT2D eigenvalue weighted by Gasteiger charge is 2.29. The molecule has 1 fully saturated rings. The number of allylic oxidation sites excluding steroid dienone is 2. The zero-order valence-corrected chi connectivity index (χ0v) is 10.7. The highest BCUT2D eigenvalue weighted by Crippen LogP contribution is 2.34. The van der Waals surface area contributed by atoms with Gasteiger partial charge in [0.1, 0.15) is 11.9 Å². The molecule has 2 unspecified atom stereocenters. The van der Waals surface area contributed by atoms with E-state index in [0.29, 0.717) is 6.10 Å². The van der Waals surface area contributed by atoms with Crippen LogP contribution < -0.4 is 5.32 Å². The Kier molecular flexibility index (Phi) is 3.41. The zero-order chi connectivity index (χ0) is 11.7. The molecule has 1 saturated heterocycles. The molecule has 0 spiro atoms. The topological polar surface area (TPSA) is 24.5 Å². The van der Waals surface area contributed by atoms with E-state index in [1.54, 1.807) is 0 Å². The number of hydrogen-bond acceptors (Lipinski definition) is 3. The second-order valence-corrected chi connectivity index (χ2v) is 5.60. The third kappa shape index (κ3) is 2.67. The van der Waals surface area contributed by atoms with Crippen molar-refractivity contribution in [1.82, 2.24) is 10.2 Å². The summed E-state index contributed by atoms with van der Waals surface area (Å²) in [5.41, 5.74) is 1.41. The standard InChI is InChI=1S/C13H19ClN2O/c14-11-1-2-13-10(7-11)8-12(17-13)9-16-5-3-15-4-6-16/h1-2,11-12,15H,3-9H2. The monoisotopic (exact) mass is 254 g/mol. The molecular weight excluding hydrogens is 236 g/mol. The summed E-state index contributed by atoms with van der Waals surface area (Å²) >= 11 is 6.13. The first-order chi connectivity index (χ1) is 8.31. The summed E-state index contributed by atoms with van der Waals surface area (Å²) in [6.45, 7) is 5.53. The molecule has 0 amide bonds. The Morgan fingerprint density at radius 3 is 3.00 bits per heavy atom. The van der Waals surface area contributed by atoms with E-state index in [0.717, 1.165) is 51.3 Å². The number of halogens is 1. The molecule has 3 rings (SSSR count). The van der Waals surface area contributed by atoms with Crippen LogP contribution in [0.3, 0.4) is 0 Å². The number of nitrogens with one attached hydrogen (secondary N) is 1. The molecular formula is C13H19ClN2O. The molecule has 94 valence electrons. The summed E-state index contributed by atoms with van der Waals surface area (Å²) in [6, 6.07) is 0. The van der Waals surface area contributed by atoms with Crippen molar-refractivity contribution in [2.75, 3.05) is 32.7 Å². The third-order valence-electron chi connectivity index (χ3n) is 3.69.